The highest BCUT2D eigenvalue weighted by Gasteiger charge is 2.31. The Morgan fingerprint density at radius 3 is 1.29 bits per heavy atom. The van der Waals surface area contributed by atoms with Gasteiger partial charge in [0.2, 0.25) is 0 Å². The fourth-order valence-corrected chi connectivity index (χ4v) is 7.80. The van der Waals surface area contributed by atoms with Gasteiger partial charge in [0.1, 0.15) is 6.10 Å². The van der Waals surface area contributed by atoms with E-state index in [9.17, 15) is 14.7 Å². The van der Waals surface area contributed by atoms with Crippen molar-refractivity contribution in [2.45, 2.75) is 266 Å². The van der Waals surface area contributed by atoms with Crippen molar-refractivity contribution in [2.24, 2.45) is 10.8 Å². The second-order valence-electron chi connectivity index (χ2n) is 18.8. The van der Waals surface area contributed by atoms with E-state index in [0.29, 0.717) is 6.61 Å². The van der Waals surface area contributed by atoms with Crippen LogP contribution in [0, 0.1) is 10.8 Å². The van der Waals surface area contributed by atoms with E-state index in [1.165, 1.54) is 128 Å². The summed E-state index contributed by atoms with van der Waals surface area (Å²) in [6.07, 6.45) is 38.9. The molecule has 0 aromatic rings. The van der Waals surface area contributed by atoms with Crippen LogP contribution in [0.3, 0.4) is 0 Å². The number of carbonyl (C=O) groups is 2. The van der Waals surface area contributed by atoms with Crippen molar-refractivity contribution in [3.8, 4) is 0 Å². The number of aliphatic hydroxyl groups excluding tert-OH is 1. The molecule has 0 spiro atoms. The molecule has 56 heavy (non-hydrogen) atoms. The zero-order chi connectivity index (χ0) is 41.6. The van der Waals surface area contributed by atoms with Gasteiger partial charge >= 0.3 is 11.9 Å². The minimum absolute atomic E-state index is 0.00797. The number of hydrogen-bond donors (Lipinski definition) is 1. The lowest BCUT2D eigenvalue weighted by atomic mass is 9.86. The minimum Gasteiger partial charge on any atom is -0.465 e. The second kappa shape index (κ2) is 38.1. The third kappa shape index (κ3) is 32.8. The van der Waals surface area contributed by atoms with Gasteiger partial charge in [-0.3, -0.25) is 9.59 Å². The lowest BCUT2D eigenvalue weighted by molar-refractivity contribution is -0.161. The van der Waals surface area contributed by atoms with Gasteiger partial charge in [-0.15, -0.1) is 0 Å². The predicted molar refractivity (Wildman–Crippen MR) is 241 cm³/mol. The summed E-state index contributed by atoms with van der Waals surface area (Å²) >= 11 is 0. The van der Waals surface area contributed by atoms with Crippen molar-refractivity contribution >= 4 is 11.9 Å². The van der Waals surface area contributed by atoms with Crippen LogP contribution in [0.2, 0.25) is 0 Å². The first-order chi connectivity index (χ1) is 27.0. The maximum Gasteiger partial charge on any atom is 0.311 e. The van der Waals surface area contributed by atoms with E-state index >= 15 is 0 Å². The number of carbonyl (C=O) groups excluding carboxylic acids is 2. The number of esters is 2. The monoisotopic (exact) mass is 794 g/mol. The first-order valence-corrected chi connectivity index (χ1v) is 24.8. The number of aliphatic hydroxyl groups is 1. The van der Waals surface area contributed by atoms with Gasteiger partial charge in [0.25, 0.3) is 0 Å². The smallest absolute Gasteiger partial charge is 0.311 e. The molecule has 1 N–H and O–H groups in total. The van der Waals surface area contributed by atoms with Crippen LogP contribution in [0.25, 0.3) is 0 Å². The number of ether oxygens (including phenoxy) is 2. The van der Waals surface area contributed by atoms with Gasteiger partial charge < -0.3 is 19.5 Å². The highest BCUT2D eigenvalue weighted by atomic mass is 16.5. The zero-order valence-electron chi connectivity index (χ0n) is 39.0. The molecule has 0 bridgehead atoms. The summed E-state index contributed by atoms with van der Waals surface area (Å²) in [5, 5.41) is 9.36. The maximum absolute atomic E-state index is 13.4. The molecule has 0 aliphatic rings. The van der Waals surface area contributed by atoms with E-state index in [1.807, 2.05) is 13.8 Å². The van der Waals surface area contributed by atoms with Gasteiger partial charge in [-0.25, -0.2) is 0 Å². The van der Waals surface area contributed by atoms with Gasteiger partial charge in [0.05, 0.1) is 17.4 Å². The summed E-state index contributed by atoms with van der Waals surface area (Å²) in [6.45, 7) is 19.1. The van der Waals surface area contributed by atoms with Crippen LogP contribution in [0.15, 0.2) is 0 Å². The third-order valence-corrected chi connectivity index (χ3v) is 12.1. The van der Waals surface area contributed by atoms with Crippen molar-refractivity contribution in [1.29, 1.82) is 0 Å². The maximum atomic E-state index is 13.4. The van der Waals surface area contributed by atoms with Gasteiger partial charge in [-0.2, -0.15) is 0 Å². The summed E-state index contributed by atoms with van der Waals surface area (Å²) in [7, 11) is 0. The van der Waals surface area contributed by atoms with Crippen molar-refractivity contribution < 1.29 is 24.2 Å². The first-order valence-electron chi connectivity index (χ1n) is 24.8. The molecule has 6 heteroatoms. The van der Waals surface area contributed by atoms with E-state index in [2.05, 4.69) is 39.5 Å². The number of unbranched alkanes of at least 4 members (excludes halogenated alkanes) is 23. The summed E-state index contributed by atoms with van der Waals surface area (Å²) in [6, 6.07) is 0. The van der Waals surface area contributed by atoms with Crippen molar-refractivity contribution in [2.75, 3.05) is 32.8 Å². The van der Waals surface area contributed by atoms with Crippen LogP contribution >= 0.6 is 0 Å². The fourth-order valence-electron chi connectivity index (χ4n) is 7.80. The third-order valence-electron chi connectivity index (χ3n) is 12.1. The van der Waals surface area contributed by atoms with Gasteiger partial charge in [0, 0.05) is 6.61 Å². The number of nitrogens with zero attached hydrogens (tertiary/aromatic N) is 1. The van der Waals surface area contributed by atoms with Crippen molar-refractivity contribution in [3.05, 3.63) is 0 Å². The van der Waals surface area contributed by atoms with E-state index < -0.39 is 10.8 Å². The highest BCUT2D eigenvalue weighted by molar-refractivity contribution is 5.76. The van der Waals surface area contributed by atoms with Gasteiger partial charge in [0.15, 0.2) is 0 Å². The van der Waals surface area contributed by atoms with Crippen LogP contribution in [-0.4, -0.2) is 60.9 Å². The fraction of sp³-hybridized carbons (Fsp3) is 0.960. The Morgan fingerprint density at radius 2 is 0.821 bits per heavy atom. The number of rotatable bonds is 43. The standard InChI is InChI=1S/C50H99NO5/c1-8-11-14-17-20-21-26-36-45-55-47(53)49(4,5)39-31-27-33-42-51(43-34-35-44-52)41-32-25-24-30-40-50(6,7)48(54)56-46(37-28-22-18-15-12-9-2)38-29-23-19-16-13-10-3/h46,52H,8-45H2,1-7H3. The van der Waals surface area contributed by atoms with Gasteiger partial charge in [-0.1, -0.05) is 162 Å². The van der Waals surface area contributed by atoms with Gasteiger partial charge in [-0.05, 0) is 118 Å². The van der Waals surface area contributed by atoms with Crippen LogP contribution in [0.1, 0.15) is 260 Å². The Labute approximate surface area is 350 Å². The Kier molecular flexibility index (Phi) is 37.3. The minimum atomic E-state index is -0.435. The molecule has 0 aliphatic heterocycles. The molecule has 0 aromatic heterocycles. The zero-order valence-corrected chi connectivity index (χ0v) is 39.0. The molecule has 0 saturated carbocycles. The largest absolute Gasteiger partial charge is 0.465 e. The molecule has 334 valence electrons. The SMILES string of the molecule is CCCCCCCCCCOC(=O)C(C)(C)CCCCCN(CCCCO)CCCCCCC(C)(C)C(=O)OC(CCCCCCCC)CCCCCCCC. The van der Waals surface area contributed by atoms with Crippen LogP contribution in [-0.2, 0) is 19.1 Å². The van der Waals surface area contributed by atoms with E-state index in [0.717, 1.165) is 103 Å². The quantitative estimate of drug-likeness (QED) is 0.0489. The Hall–Kier alpha value is -1.14. The summed E-state index contributed by atoms with van der Waals surface area (Å²) in [5.74, 6) is -0.0313. The molecule has 6 nitrogen and oxygen atoms in total. The lowest BCUT2D eigenvalue weighted by Gasteiger charge is -2.27. The van der Waals surface area contributed by atoms with E-state index in [-0.39, 0.29) is 24.6 Å². The molecule has 0 heterocycles. The molecular weight excluding hydrogens is 695 g/mol. The molecular formula is C50H99NO5. The molecule has 0 aromatic carbocycles. The summed E-state index contributed by atoms with van der Waals surface area (Å²) < 4.78 is 11.9. The average molecular weight is 794 g/mol. The van der Waals surface area contributed by atoms with Crippen LogP contribution < -0.4 is 0 Å². The van der Waals surface area contributed by atoms with Crippen LogP contribution in [0.5, 0.6) is 0 Å². The Bertz CT molecular complexity index is 858. The summed E-state index contributed by atoms with van der Waals surface area (Å²) in [5.41, 5.74) is -0.857. The second-order valence-corrected chi connectivity index (χ2v) is 18.8. The molecule has 0 rings (SSSR count). The lowest BCUT2D eigenvalue weighted by Crippen LogP contribution is -2.31. The van der Waals surface area contributed by atoms with Crippen molar-refractivity contribution in [1.82, 2.24) is 4.90 Å². The Morgan fingerprint density at radius 1 is 0.464 bits per heavy atom. The van der Waals surface area contributed by atoms with E-state index in [1.54, 1.807) is 0 Å². The molecule has 0 fully saturated rings. The van der Waals surface area contributed by atoms with Crippen LogP contribution in [0.4, 0.5) is 0 Å². The summed E-state index contributed by atoms with van der Waals surface area (Å²) in [4.78, 5) is 28.8. The Balaban J connectivity index is 4.51. The molecule has 0 unspecified atom stereocenters. The average Bonchev–Trinajstić information content (AvgIpc) is 3.17. The molecule has 0 saturated heterocycles. The molecule has 0 amide bonds. The molecule has 0 atom stereocenters. The first kappa shape index (κ1) is 54.9. The molecule has 0 radical (unpaired) electrons. The van der Waals surface area contributed by atoms with Crippen molar-refractivity contribution in [3.63, 3.8) is 0 Å². The van der Waals surface area contributed by atoms with E-state index in [4.69, 9.17) is 9.47 Å². The number of hydrogen-bond acceptors (Lipinski definition) is 6. The molecule has 0 aliphatic carbocycles. The predicted octanol–water partition coefficient (Wildman–Crippen LogP) is 14.7. The normalized spacial score (nSPS) is 12.2. The topological polar surface area (TPSA) is 76.1 Å². The highest BCUT2D eigenvalue weighted by Crippen LogP contribution is 2.29.